The Morgan fingerprint density at radius 1 is 1.13 bits per heavy atom. The van der Waals surface area contributed by atoms with Gasteiger partial charge in [-0.15, -0.1) is 0 Å². The Hall–Kier alpha value is -3.86. The molecule has 0 saturated carbocycles. The lowest BCUT2D eigenvalue weighted by atomic mass is 9.97. The van der Waals surface area contributed by atoms with Crippen molar-refractivity contribution in [1.29, 1.82) is 0 Å². The van der Waals surface area contributed by atoms with Crippen LogP contribution in [0.3, 0.4) is 0 Å². The molecule has 0 aliphatic carbocycles. The molecule has 4 aromatic rings. The second kappa shape index (κ2) is 11.5. The molecule has 0 bridgehead atoms. The van der Waals surface area contributed by atoms with Gasteiger partial charge in [-0.25, -0.2) is 8.78 Å². The van der Waals surface area contributed by atoms with Gasteiger partial charge in [-0.2, -0.15) is 4.98 Å². The zero-order valence-corrected chi connectivity index (χ0v) is 21.9. The predicted octanol–water partition coefficient (Wildman–Crippen LogP) is 4.95. The average Bonchev–Trinajstić information content (AvgIpc) is 3.33. The molecular formula is C29H30F2N4O4. The fourth-order valence-electron chi connectivity index (χ4n) is 4.90. The number of nitrogens with one attached hydrogen (secondary N) is 1. The number of nitrogens with zero attached hydrogens (tertiary/aromatic N) is 2. The number of benzene rings is 3. The van der Waals surface area contributed by atoms with E-state index in [1.165, 1.54) is 12.1 Å². The molecule has 2 heterocycles. The number of hydrogen-bond donors (Lipinski definition) is 2. The van der Waals surface area contributed by atoms with Gasteiger partial charge in [0.05, 0.1) is 19.8 Å². The first-order chi connectivity index (χ1) is 18.9. The van der Waals surface area contributed by atoms with E-state index in [-0.39, 0.29) is 18.1 Å². The quantitative estimate of drug-likeness (QED) is 0.312. The summed E-state index contributed by atoms with van der Waals surface area (Å²) in [6.07, 6.45) is 0.534. The smallest absolute Gasteiger partial charge is 0.300 e. The van der Waals surface area contributed by atoms with Crippen LogP contribution < -0.4 is 11.1 Å². The Morgan fingerprint density at radius 3 is 2.56 bits per heavy atom. The number of nitrogens with two attached hydrogens (primary N) is 1. The molecule has 10 heteroatoms. The molecule has 1 fully saturated rings. The van der Waals surface area contributed by atoms with Crippen LogP contribution in [0.15, 0.2) is 46.9 Å². The maximum atomic E-state index is 15.1. The minimum absolute atomic E-state index is 0.0334. The Balaban J connectivity index is 1.47. The van der Waals surface area contributed by atoms with E-state index in [0.29, 0.717) is 72.8 Å². The van der Waals surface area contributed by atoms with Crippen LogP contribution in [0.5, 0.6) is 0 Å². The number of methoxy groups -OCH3 is 1. The van der Waals surface area contributed by atoms with Crippen molar-refractivity contribution in [3.8, 4) is 11.1 Å². The number of halogens is 2. The molecule has 3 N–H and O–H groups in total. The van der Waals surface area contributed by atoms with Crippen molar-refractivity contribution in [2.75, 3.05) is 45.3 Å². The van der Waals surface area contributed by atoms with Crippen LogP contribution in [0.1, 0.15) is 27.0 Å². The van der Waals surface area contributed by atoms with E-state index >= 15 is 8.78 Å². The summed E-state index contributed by atoms with van der Waals surface area (Å²) in [7, 11) is 1.60. The fraction of sp³-hybridized carbons (Fsp3) is 0.310. The van der Waals surface area contributed by atoms with Crippen molar-refractivity contribution >= 4 is 28.7 Å². The molecular weight excluding hydrogens is 506 g/mol. The Kier molecular flexibility index (Phi) is 7.87. The number of fused-ring (bicyclic) bond motifs is 1. The third-order valence-corrected chi connectivity index (χ3v) is 7.01. The van der Waals surface area contributed by atoms with Gasteiger partial charge in [-0.05, 0) is 60.4 Å². The molecule has 8 nitrogen and oxygen atoms in total. The molecule has 0 unspecified atom stereocenters. The number of morpholine rings is 1. The molecule has 5 rings (SSSR count). The third kappa shape index (κ3) is 5.63. The molecule has 1 aromatic heterocycles. The number of hydrogen-bond acceptors (Lipinski definition) is 7. The van der Waals surface area contributed by atoms with Gasteiger partial charge in [-0.1, -0.05) is 12.1 Å². The minimum atomic E-state index is -0.612. The summed E-state index contributed by atoms with van der Waals surface area (Å²) in [4.78, 5) is 18.4. The van der Waals surface area contributed by atoms with Crippen LogP contribution in [0.2, 0.25) is 0 Å². The Bertz CT molecular complexity index is 1490. The molecule has 0 spiro atoms. The van der Waals surface area contributed by atoms with Crippen LogP contribution in [0, 0.1) is 18.6 Å². The summed E-state index contributed by atoms with van der Waals surface area (Å²) in [5, 5.41) is 3.18. The maximum absolute atomic E-state index is 15.1. The minimum Gasteiger partial charge on any atom is -0.423 e. The lowest BCUT2D eigenvalue weighted by Gasteiger charge is -2.26. The number of oxazole rings is 1. The maximum Gasteiger partial charge on any atom is 0.300 e. The number of rotatable bonds is 9. The van der Waals surface area contributed by atoms with Gasteiger partial charge in [0, 0.05) is 49.1 Å². The number of anilines is 2. The molecule has 1 amide bonds. The highest BCUT2D eigenvalue weighted by Gasteiger charge is 2.20. The first-order valence-electron chi connectivity index (χ1n) is 12.7. The highest BCUT2D eigenvalue weighted by molar-refractivity contribution is 5.95. The summed E-state index contributed by atoms with van der Waals surface area (Å²) in [6.45, 7) is 4.81. The second-order valence-corrected chi connectivity index (χ2v) is 9.48. The van der Waals surface area contributed by atoms with Crippen LogP contribution in [0.4, 0.5) is 20.5 Å². The van der Waals surface area contributed by atoms with Gasteiger partial charge in [0.25, 0.3) is 6.01 Å². The lowest BCUT2D eigenvalue weighted by Crippen LogP contribution is -2.36. The molecule has 0 radical (unpaired) electrons. The van der Waals surface area contributed by atoms with Crippen molar-refractivity contribution in [3.63, 3.8) is 0 Å². The van der Waals surface area contributed by atoms with Crippen molar-refractivity contribution in [1.82, 2.24) is 9.88 Å². The lowest BCUT2D eigenvalue weighted by molar-refractivity contribution is 0.0332. The molecule has 0 atom stereocenters. The first-order valence-corrected chi connectivity index (χ1v) is 12.7. The summed E-state index contributed by atoms with van der Waals surface area (Å²) in [5.41, 5.74) is 10.0. The number of carbonyl (C=O) groups is 1. The average molecular weight is 537 g/mol. The van der Waals surface area contributed by atoms with Crippen LogP contribution in [-0.2, 0) is 22.4 Å². The SMILES string of the molecule is COCCc1c(Nc2nc3cccc(-c4cc(F)c(CN5CCOCC5)c(F)c4)c3o2)ccc(C(N)=O)c1C. The van der Waals surface area contributed by atoms with Crippen molar-refractivity contribution < 1.29 is 27.5 Å². The summed E-state index contributed by atoms with van der Waals surface area (Å²) in [6, 6.07) is 11.5. The highest BCUT2D eigenvalue weighted by Crippen LogP contribution is 2.34. The number of ether oxygens (including phenoxy) is 2. The van der Waals surface area contributed by atoms with Gasteiger partial charge in [0.1, 0.15) is 17.2 Å². The van der Waals surface area contributed by atoms with E-state index in [0.717, 1.165) is 11.1 Å². The number of amides is 1. The van der Waals surface area contributed by atoms with E-state index in [2.05, 4.69) is 10.3 Å². The van der Waals surface area contributed by atoms with E-state index in [1.54, 1.807) is 37.4 Å². The van der Waals surface area contributed by atoms with E-state index in [9.17, 15) is 4.79 Å². The van der Waals surface area contributed by atoms with Crippen LogP contribution in [-0.4, -0.2) is 55.8 Å². The summed E-state index contributed by atoms with van der Waals surface area (Å²) >= 11 is 0. The fourth-order valence-corrected chi connectivity index (χ4v) is 4.90. The monoisotopic (exact) mass is 536 g/mol. The molecule has 1 aliphatic rings. The third-order valence-electron chi connectivity index (χ3n) is 7.01. The van der Waals surface area contributed by atoms with Crippen molar-refractivity contribution in [3.05, 3.63) is 76.4 Å². The van der Waals surface area contributed by atoms with Crippen molar-refractivity contribution in [2.45, 2.75) is 19.9 Å². The molecule has 204 valence electrons. The topological polar surface area (TPSA) is 103 Å². The van der Waals surface area contributed by atoms with E-state index in [4.69, 9.17) is 19.6 Å². The zero-order chi connectivity index (χ0) is 27.5. The van der Waals surface area contributed by atoms with Gasteiger partial charge in [0.15, 0.2) is 5.58 Å². The highest BCUT2D eigenvalue weighted by atomic mass is 19.1. The van der Waals surface area contributed by atoms with Gasteiger partial charge in [-0.3, -0.25) is 9.69 Å². The van der Waals surface area contributed by atoms with Gasteiger partial charge in [0.2, 0.25) is 5.91 Å². The summed E-state index contributed by atoms with van der Waals surface area (Å²) < 4.78 is 46.9. The normalized spacial score (nSPS) is 14.2. The number of primary amides is 1. The summed E-state index contributed by atoms with van der Waals surface area (Å²) in [5.74, 6) is -1.74. The van der Waals surface area contributed by atoms with Gasteiger partial charge >= 0.3 is 0 Å². The Labute approximate surface area is 224 Å². The largest absolute Gasteiger partial charge is 0.423 e. The van der Waals surface area contributed by atoms with Crippen LogP contribution in [0.25, 0.3) is 22.2 Å². The Morgan fingerprint density at radius 2 is 1.87 bits per heavy atom. The number of para-hydroxylation sites is 1. The molecule has 1 saturated heterocycles. The number of carbonyl (C=O) groups excluding carboxylic acids is 1. The number of aromatic nitrogens is 1. The van der Waals surface area contributed by atoms with Crippen LogP contribution >= 0.6 is 0 Å². The molecule has 3 aromatic carbocycles. The standard InChI is InChI=1S/C29H30F2N4O4/c1-17-19(8-11-37-2)25(7-6-20(17)28(32)36)33-29-34-26-5-3-4-21(27(26)39-29)18-14-23(30)22(24(31)15-18)16-35-9-12-38-13-10-35/h3-7,14-15H,8-13,16H2,1-2H3,(H2,32,36)(H,33,34). The van der Waals surface area contributed by atoms with E-state index in [1.807, 2.05) is 11.8 Å². The molecule has 1 aliphatic heterocycles. The first kappa shape index (κ1) is 26.7. The predicted molar refractivity (Wildman–Crippen MR) is 144 cm³/mol. The zero-order valence-electron chi connectivity index (χ0n) is 21.9. The second-order valence-electron chi connectivity index (χ2n) is 9.48. The molecule has 39 heavy (non-hydrogen) atoms. The van der Waals surface area contributed by atoms with Crippen molar-refractivity contribution in [2.24, 2.45) is 5.73 Å². The van der Waals surface area contributed by atoms with Gasteiger partial charge < -0.3 is 24.9 Å². The van der Waals surface area contributed by atoms with E-state index < -0.39 is 17.5 Å².